The van der Waals surface area contributed by atoms with Crippen LogP contribution in [0, 0.1) is 11.9 Å². The Hall–Kier alpha value is -1.63. The summed E-state index contributed by atoms with van der Waals surface area (Å²) in [5.74, 6) is -3.75. The molecule has 160 valence electrons. The minimum atomic E-state index is -2.65. The molecule has 1 N–H and O–H groups in total. The molecule has 1 saturated carbocycles. The van der Waals surface area contributed by atoms with E-state index in [4.69, 9.17) is 0 Å². The molecule has 3 heterocycles. The van der Waals surface area contributed by atoms with Crippen LogP contribution in [0.25, 0.3) is 0 Å². The molecule has 2 bridgehead atoms. The largest absolute Gasteiger partial charge is 0.349 e. The van der Waals surface area contributed by atoms with E-state index in [1.165, 1.54) is 44.4 Å². The Balaban J connectivity index is 1.41. The maximum atomic E-state index is 13.4. The first-order valence-corrected chi connectivity index (χ1v) is 11.0. The van der Waals surface area contributed by atoms with Crippen LogP contribution in [-0.4, -0.2) is 40.3 Å². The van der Waals surface area contributed by atoms with Crippen molar-refractivity contribution in [2.24, 2.45) is 5.92 Å². The number of carbonyl (C=O) groups excluding carboxylic acids is 1. The monoisotopic (exact) mass is 409 g/mol. The van der Waals surface area contributed by atoms with Crippen molar-refractivity contribution < 1.29 is 18.0 Å². The average molecular weight is 409 g/mol. The lowest BCUT2D eigenvalue weighted by molar-refractivity contribution is -0.130. The van der Waals surface area contributed by atoms with Crippen molar-refractivity contribution in [1.29, 1.82) is 0 Å². The van der Waals surface area contributed by atoms with E-state index in [-0.39, 0.29) is 43.6 Å². The van der Waals surface area contributed by atoms with Crippen LogP contribution in [0.15, 0.2) is 18.3 Å². The molecule has 2 saturated heterocycles. The van der Waals surface area contributed by atoms with E-state index in [0.717, 1.165) is 18.5 Å². The highest BCUT2D eigenvalue weighted by atomic mass is 19.3. The fourth-order valence-electron chi connectivity index (χ4n) is 5.37. The third kappa shape index (κ3) is 4.93. The van der Waals surface area contributed by atoms with Crippen molar-refractivity contribution in [1.82, 2.24) is 15.2 Å². The lowest BCUT2D eigenvalue weighted by Crippen LogP contribution is -2.42. The van der Waals surface area contributed by atoms with Crippen LogP contribution in [0.3, 0.4) is 0 Å². The van der Waals surface area contributed by atoms with Crippen LogP contribution in [0.1, 0.15) is 75.8 Å². The molecular formula is C22H30F3N3O. The SMILES string of the molecule is O=C(N[C@@H](CCN1C2CCCC1CC2)c1ccc(F)nc1)C1CCC(F)(F)CC1. The predicted octanol–water partition coefficient (Wildman–Crippen LogP) is 4.61. The van der Waals surface area contributed by atoms with Crippen LogP contribution in [-0.2, 0) is 4.79 Å². The van der Waals surface area contributed by atoms with Crippen molar-refractivity contribution in [2.45, 2.75) is 88.3 Å². The van der Waals surface area contributed by atoms with Gasteiger partial charge in [-0.3, -0.25) is 9.69 Å². The number of piperidine rings is 1. The summed E-state index contributed by atoms with van der Waals surface area (Å²) in [5, 5.41) is 3.07. The van der Waals surface area contributed by atoms with E-state index < -0.39 is 11.9 Å². The number of nitrogens with zero attached hydrogens (tertiary/aromatic N) is 2. The quantitative estimate of drug-likeness (QED) is 0.698. The molecule has 4 rings (SSSR count). The number of nitrogens with one attached hydrogen (secondary N) is 1. The molecule has 0 radical (unpaired) electrons. The highest BCUT2D eigenvalue weighted by molar-refractivity contribution is 5.79. The number of alkyl halides is 2. The van der Waals surface area contributed by atoms with Gasteiger partial charge < -0.3 is 5.32 Å². The van der Waals surface area contributed by atoms with Crippen molar-refractivity contribution in [3.05, 3.63) is 29.8 Å². The van der Waals surface area contributed by atoms with E-state index in [1.54, 1.807) is 6.07 Å². The van der Waals surface area contributed by atoms with Gasteiger partial charge in [0.2, 0.25) is 17.8 Å². The van der Waals surface area contributed by atoms with Crippen molar-refractivity contribution >= 4 is 5.91 Å². The topological polar surface area (TPSA) is 45.2 Å². The summed E-state index contributed by atoms with van der Waals surface area (Å²) in [6, 6.07) is 3.96. The van der Waals surface area contributed by atoms with Crippen LogP contribution < -0.4 is 5.32 Å². The number of halogens is 3. The molecule has 1 amide bonds. The maximum Gasteiger partial charge on any atom is 0.248 e. The third-order valence-corrected chi connectivity index (χ3v) is 7.08. The summed E-state index contributed by atoms with van der Waals surface area (Å²) in [5.41, 5.74) is 0.769. The number of fused-ring (bicyclic) bond motifs is 2. The highest BCUT2D eigenvalue weighted by Gasteiger charge is 2.39. The summed E-state index contributed by atoms with van der Waals surface area (Å²) in [4.78, 5) is 19.1. The minimum absolute atomic E-state index is 0.170. The second kappa shape index (κ2) is 8.62. The van der Waals surface area contributed by atoms with Crippen molar-refractivity contribution in [3.63, 3.8) is 0 Å². The van der Waals surface area contributed by atoms with Gasteiger partial charge in [0.15, 0.2) is 0 Å². The van der Waals surface area contributed by atoms with Gasteiger partial charge in [-0.2, -0.15) is 4.39 Å². The van der Waals surface area contributed by atoms with Crippen LogP contribution in [0.5, 0.6) is 0 Å². The Morgan fingerprint density at radius 3 is 2.45 bits per heavy atom. The van der Waals surface area contributed by atoms with E-state index in [2.05, 4.69) is 15.2 Å². The number of hydrogen-bond acceptors (Lipinski definition) is 3. The summed E-state index contributed by atoms with van der Waals surface area (Å²) >= 11 is 0. The normalized spacial score (nSPS) is 28.2. The first-order valence-electron chi connectivity index (χ1n) is 11.0. The molecule has 3 aliphatic rings. The molecule has 2 unspecified atom stereocenters. The number of rotatable bonds is 6. The zero-order valence-corrected chi connectivity index (χ0v) is 16.8. The number of pyridine rings is 1. The number of carbonyl (C=O) groups is 1. The molecule has 1 aromatic rings. The molecular weight excluding hydrogens is 379 g/mol. The second-order valence-electron chi connectivity index (χ2n) is 8.95. The maximum absolute atomic E-state index is 13.4. The molecule has 29 heavy (non-hydrogen) atoms. The molecule has 1 aliphatic carbocycles. The van der Waals surface area contributed by atoms with Crippen molar-refractivity contribution in [3.8, 4) is 0 Å². The molecule has 0 aromatic carbocycles. The van der Waals surface area contributed by atoms with Crippen LogP contribution in [0.2, 0.25) is 0 Å². The first-order chi connectivity index (χ1) is 13.9. The van der Waals surface area contributed by atoms with Gasteiger partial charge in [-0.05, 0) is 56.6 Å². The highest BCUT2D eigenvalue weighted by Crippen LogP contribution is 2.38. The number of aromatic nitrogens is 1. The Morgan fingerprint density at radius 1 is 1.14 bits per heavy atom. The Bertz CT molecular complexity index is 686. The molecule has 4 nitrogen and oxygen atoms in total. The smallest absolute Gasteiger partial charge is 0.248 e. The molecule has 3 fully saturated rings. The minimum Gasteiger partial charge on any atom is -0.349 e. The van der Waals surface area contributed by atoms with Gasteiger partial charge in [-0.15, -0.1) is 0 Å². The lowest BCUT2D eigenvalue weighted by Gasteiger charge is -2.36. The third-order valence-electron chi connectivity index (χ3n) is 7.08. The lowest BCUT2D eigenvalue weighted by atomic mass is 9.86. The summed E-state index contributed by atoms with van der Waals surface area (Å²) < 4.78 is 40.1. The predicted molar refractivity (Wildman–Crippen MR) is 104 cm³/mol. The Morgan fingerprint density at radius 2 is 1.83 bits per heavy atom. The number of amides is 1. The van der Waals surface area contributed by atoms with Crippen molar-refractivity contribution in [2.75, 3.05) is 6.54 Å². The van der Waals surface area contributed by atoms with Gasteiger partial charge >= 0.3 is 0 Å². The zero-order valence-electron chi connectivity index (χ0n) is 16.8. The standard InChI is InChI=1S/C22H30F3N3O/c23-20-7-4-16(14-26-20)19(10-13-28-17-2-1-3-18(28)6-5-17)27-21(29)15-8-11-22(24,25)12-9-15/h4,7,14-15,17-19H,1-3,5-6,8-13H2,(H,27,29)/t17?,18?,19-/m0/s1. The number of hydrogen-bond donors (Lipinski definition) is 1. The summed E-state index contributed by atoms with van der Waals surface area (Å²) in [6.07, 6.45) is 8.41. The fraction of sp³-hybridized carbons (Fsp3) is 0.727. The summed E-state index contributed by atoms with van der Waals surface area (Å²) in [7, 11) is 0. The van der Waals surface area contributed by atoms with Gasteiger partial charge in [0.1, 0.15) is 0 Å². The molecule has 2 aliphatic heterocycles. The van der Waals surface area contributed by atoms with Gasteiger partial charge in [0.25, 0.3) is 0 Å². The van der Waals surface area contributed by atoms with Crippen LogP contribution in [0.4, 0.5) is 13.2 Å². The van der Waals surface area contributed by atoms with Gasteiger partial charge in [-0.1, -0.05) is 12.5 Å². The van der Waals surface area contributed by atoms with E-state index in [9.17, 15) is 18.0 Å². The average Bonchev–Trinajstić information content (AvgIpc) is 2.91. The Labute approximate surface area is 170 Å². The molecule has 3 atom stereocenters. The van der Waals surface area contributed by atoms with Gasteiger partial charge in [0, 0.05) is 43.6 Å². The fourth-order valence-corrected chi connectivity index (χ4v) is 5.37. The summed E-state index contributed by atoms with van der Waals surface area (Å²) in [6.45, 7) is 0.875. The first kappa shape index (κ1) is 20.6. The second-order valence-corrected chi connectivity index (χ2v) is 8.95. The molecule has 0 spiro atoms. The van der Waals surface area contributed by atoms with E-state index in [0.29, 0.717) is 12.1 Å². The molecule has 1 aromatic heterocycles. The molecule has 7 heteroatoms. The van der Waals surface area contributed by atoms with Gasteiger partial charge in [-0.25, -0.2) is 13.8 Å². The van der Waals surface area contributed by atoms with Gasteiger partial charge in [0.05, 0.1) is 6.04 Å². The van der Waals surface area contributed by atoms with E-state index in [1.807, 2.05) is 0 Å². The van der Waals surface area contributed by atoms with Crippen LogP contribution >= 0.6 is 0 Å². The Kier molecular flexibility index (Phi) is 6.13. The zero-order chi connectivity index (χ0) is 20.4. The van der Waals surface area contributed by atoms with E-state index >= 15 is 0 Å².